The molecule has 2 N–H and O–H groups in total. The van der Waals surface area contributed by atoms with Gasteiger partial charge in [-0.15, -0.1) is 0 Å². The molecule has 1 aliphatic heterocycles. The number of hydrogen-bond acceptors (Lipinski definition) is 6. The van der Waals surface area contributed by atoms with Crippen molar-refractivity contribution in [2.24, 2.45) is 0 Å². The molecule has 0 saturated carbocycles. The number of aromatic carboxylic acids is 1. The van der Waals surface area contributed by atoms with Gasteiger partial charge in [0.2, 0.25) is 0 Å². The van der Waals surface area contributed by atoms with Crippen molar-refractivity contribution in [3.05, 3.63) is 45.7 Å². The molecular weight excluding hydrogens is 390 g/mol. The van der Waals surface area contributed by atoms with E-state index >= 15 is 0 Å². The van der Waals surface area contributed by atoms with Crippen molar-refractivity contribution in [1.29, 1.82) is 0 Å². The zero-order valence-corrected chi connectivity index (χ0v) is 17.6. The molecule has 0 aliphatic carbocycles. The van der Waals surface area contributed by atoms with Crippen LogP contribution in [0, 0.1) is 0 Å². The third kappa shape index (κ3) is 4.20. The van der Waals surface area contributed by atoms with Crippen molar-refractivity contribution in [1.82, 2.24) is 4.57 Å². The number of ether oxygens (including phenoxy) is 3. The highest BCUT2D eigenvalue weighted by atomic mass is 16.5. The van der Waals surface area contributed by atoms with Crippen LogP contribution in [-0.4, -0.2) is 53.8 Å². The number of nitrogens with zero attached hydrogens (tertiary/aromatic N) is 1. The van der Waals surface area contributed by atoms with Gasteiger partial charge in [-0.3, -0.25) is 4.79 Å². The van der Waals surface area contributed by atoms with Crippen LogP contribution in [0.3, 0.4) is 0 Å². The molecule has 0 spiro atoms. The summed E-state index contributed by atoms with van der Waals surface area (Å²) >= 11 is 0. The van der Waals surface area contributed by atoms with Gasteiger partial charge in [-0.2, -0.15) is 0 Å². The molecule has 8 nitrogen and oxygen atoms in total. The van der Waals surface area contributed by atoms with Crippen LogP contribution >= 0.6 is 0 Å². The highest BCUT2D eigenvalue weighted by molar-refractivity contribution is 5.88. The van der Waals surface area contributed by atoms with Crippen LogP contribution in [0.4, 0.5) is 0 Å². The summed E-state index contributed by atoms with van der Waals surface area (Å²) in [5.41, 5.74) is 0.0771. The Labute approximate surface area is 174 Å². The fourth-order valence-corrected chi connectivity index (χ4v) is 3.75. The first-order valence-corrected chi connectivity index (χ1v) is 9.72. The summed E-state index contributed by atoms with van der Waals surface area (Å²) in [5.74, 6) is -0.220. The number of aromatic nitrogens is 1. The Hall–Kier alpha value is -2.84. The van der Waals surface area contributed by atoms with Crippen LogP contribution in [0.25, 0.3) is 11.3 Å². The maximum Gasteiger partial charge on any atom is 0.341 e. The van der Waals surface area contributed by atoms with E-state index in [0.29, 0.717) is 36.8 Å². The molecule has 162 valence electrons. The standard InChI is InChI=1S/C22H27NO7/c1-22(2,27)20-9-13-8-19(30-7-5-6-28-3)18(29-4)10-14(13)16-11-17(24)15(21(25)26)12-23(16)20/h8,10-12,20,27H,5-7,9H2,1-4H3,(H,25,26)/t20-/m1/s1. The maximum absolute atomic E-state index is 12.4. The van der Waals surface area contributed by atoms with E-state index < -0.39 is 23.0 Å². The van der Waals surface area contributed by atoms with E-state index in [1.807, 2.05) is 6.07 Å². The van der Waals surface area contributed by atoms with E-state index in [1.165, 1.54) is 19.4 Å². The first kappa shape index (κ1) is 21.9. The van der Waals surface area contributed by atoms with Gasteiger partial charge < -0.3 is 29.0 Å². The molecule has 1 aromatic carbocycles. The maximum atomic E-state index is 12.4. The van der Waals surface area contributed by atoms with Gasteiger partial charge in [0, 0.05) is 38.0 Å². The zero-order valence-electron chi connectivity index (χ0n) is 17.6. The molecule has 8 heteroatoms. The number of rotatable bonds is 8. The Kier molecular flexibility index (Phi) is 6.19. The predicted molar refractivity (Wildman–Crippen MR) is 111 cm³/mol. The van der Waals surface area contributed by atoms with Crippen molar-refractivity contribution in [3.63, 3.8) is 0 Å². The topological polar surface area (TPSA) is 107 Å². The van der Waals surface area contributed by atoms with Gasteiger partial charge in [0.1, 0.15) is 5.56 Å². The lowest BCUT2D eigenvalue weighted by molar-refractivity contribution is 0.0220. The molecule has 1 aromatic heterocycles. The van der Waals surface area contributed by atoms with Gasteiger partial charge in [-0.25, -0.2) is 4.79 Å². The van der Waals surface area contributed by atoms with Crippen molar-refractivity contribution in [2.45, 2.75) is 38.3 Å². The van der Waals surface area contributed by atoms with Crippen LogP contribution < -0.4 is 14.9 Å². The number of carboxylic acid groups (broad SMARTS) is 1. The van der Waals surface area contributed by atoms with Gasteiger partial charge in [0.05, 0.1) is 31.1 Å². The summed E-state index contributed by atoms with van der Waals surface area (Å²) in [5, 5.41) is 20.1. The first-order valence-electron chi connectivity index (χ1n) is 9.72. The minimum atomic E-state index is -1.30. The summed E-state index contributed by atoms with van der Waals surface area (Å²) in [6.07, 6.45) is 2.47. The van der Waals surface area contributed by atoms with Crippen molar-refractivity contribution >= 4 is 5.97 Å². The van der Waals surface area contributed by atoms with E-state index in [1.54, 1.807) is 31.6 Å². The molecule has 1 aliphatic rings. The van der Waals surface area contributed by atoms with Gasteiger partial charge in [0.25, 0.3) is 0 Å². The minimum Gasteiger partial charge on any atom is -0.493 e. The van der Waals surface area contributed by atoms with E-state index in [9.17, 15) is 19.8 Å². The third-order valence-corrected chi connectivity index (χ3v) is 5.29. The molecule has 1 atom stereocenters. The summed E-state index contributed by atoms with van der Waals surface area (Å²) in [6.45, 7) is 4.36. The first-order chi connectivity index (χ1) is 14.2. The molecule has 0 amide bonds. The Morgan fingerprint density at radius 1 is 1.20 bits per heavy atom. The molecule has 3 rings (SSSR count). The van der Waals surface area contributed by atoms with Gasteiger partial charge >= 0.3 is 5.97 Å². The van der Waals surface area contributed by atoms with Gasteiger partial charge in [-0.1, -0.05) is 0 Å². The van der Waals surface area contributed by atoms with Gasteiger partial charge in [-0.05, 0) is 38.0 Å². The lowest BCUT2D eigenvalue weighted by Gasteiger charge is -2.38. The molecule has 0 radical (unpaired) electrons. The number of carboxylic acids is 1. The number of benzene rings is 1. The van der Waals surface area contributed by atoms with Crippen molar-refractivity contribution < 1.29 is 29.2 Å². The number of carbonyl (C=O) groups is 1. The summed E-state index contributed by atoms with van der Waals surface area (Å²) in [6, 6.07) is 4.48. The lowest BCUT2D eigenvalue weighted by atomic mass is 9.85. The molecular formula is C22H27NO7. The van der Waals surface area contributed by atoms with E-state index in [2.05, 4.69) is 0 Å². The lowest BCUT2D eigenvalue weighted by Crippen LogP contribution is -2.38. The van der Waals surface area contributed by atoms with Crippen molar-refractivity contribution in [2.75, 3.05) is 27.4 Å². The Morgan fingerprint density at radius 2 is 1.93 bits per heavy atom. The SMILES string of the molecule is COCCCOc1cc2c(cc1OC)-c1cc(=O)c(C(=O)O)cn1[C@@H](C(C)(C)O)C2. The fourth-order valence-electron chi connectivity index (χ4n) is 3.75. The summed E-state index contributed by atoms with van der Waals surface area (Å²) in [4.78, 5) is 23.9. The Balaban J connectivity index is 2.14. The van der Waals surface area contributed by atoms with Crippen LogP contribution in [0.5, 0.6) is 11.5 Å². The molecule has 0 bridgehead atoms. The number of pyridine rings is 1. The van der Waals surface area contributed by atoms with Gasteiger partial charge in [0.15, 0.2) is 16.9 Å². The molecule has 30 heavy (non-hydrogen) atoms. The molecule has 2 aromatic rings. The second kappa shape index (κ2) is 8.49. The molecule has 0 unspecified atom stereocenters. The van der Waals surface area contributed by atoms with E-state index in [-0.39, 0.29) is 5.56 Å². The Bertz CT molecular complexity index is 1000. The second-order valence-electron chi connectivity index (χ2n) is 7.88. The number of methoxy groups -OCH3 is 2. The van der Waals surface area contributed by atoms with Crippen LogP contribution in [0.2, 0.25) is 0 Å². The predicted octanol–water partition coefficient (Wildman–Crippen LogP) is 2.51. The average molecular weight is 417 g/mol. The minimum absolute atomic E-state index is 0.332. The van der Waals surface area contributed by atoms with Crippen LogP contribution in [0.15, 0.2) is 29.2 Å². The Morgan fingerprint density at radius 3 is 2.53 bits per heavy atom. The highest BCUT2D eigenvalue weighted by Crippen LogP contribution is 2.43. The number of hydrogen-bond donors (Lipinski definition) is 2. The monoisotopic (exact) mass is 417 g/mol. The summed E-state index contributed by atoms with van der Waals surface area (Å²) in [7, 11) is 3.16. The number of aliphatic hydroxyl groups is 1. The quantitative estimate of drug-likeness (QED) is 0.636. The molecule has 2 heterocycles. The second-order valence-corrected chi connectivity index (χ2v) is 7.88. The highest BCUT2D eigenvalue weighted by Gasteiger charge is 2.35. The average Bonchev–Trinajstić information content (AvgIpc) is 2.68. The number of fused-ring (bicyclic) bond motifs is 3. The molecule has 0 saturated heterocycles. The largest absolute Gasteiger partial charge is 0.493 e. The smallest absolute Gasteiger partial charge is 0.341 e. The van der Waals surface area contributed by atoms with E-state index in [0.717, 1.165) is 17.5 Å². The fraction of sp³-hybridized carbons (Fsp3) is 0.455. The van der Waals surface area contributed by atoms with Crippen LogP contribution in [-0.2, 0) is 11.2 Å². The van der Waals surface area contributed by atoms with Crippen molar-refractivity contribution in [3.8, 4) is 22.8 Å². The summed E-state index contributed by atoms with van der Waals surface area (Å²) < 4.78 is 18.1. The zero-order chi connectivity index (χ0) is 22.1. The van der Waals surface area contributed by atoms with E-state index in [4.69, 9.17) is 14.2 Å². The van der Waals surface area contributed by atoms with Crippen LogP contribution in [0.1, 0.15) is 42.2 Å². The normalized spacial score (nSPS) is 15.3. The molecule has 0 fully saturated rings. The third-order valence-electron chi connectivity index (χ3n) is 5.29.